The van der Waals surface area contributed by atoms with Gasteiger partial charge in [0.15, 0.2) is 0 Å². The van der Waals surface area contributed by atoms with Crippen molar-refractivity contribution in [1.29, 1.82) is 0 Å². The number of halogens is 1. The number of carbonyl (C=O) groups is 1. The first-order chi connectivity index (χ1) is 8.25. The predicted octanol–water partition coefficient (Wildman–Crippen LogP) is 2.01. The second-order valence-corrected chi connectivity index (χ2v) is 4.64. The first kappa shape index (κ1) is 12.0. The van der Waals surface area contributed by atoms with Gasteiger partial charge in [-0.2, -0.15) is 0 Å². The molecule has 0 aliphatic carbocycles. The molecule has 2 rings (SSSR count). The van der Waals surface area contributed by atoms with Gasteiger partial charge < -0.3 is 5.32 Å². The molecule has 4 nitrogen and oxygen atoms in total. The van der Waals surface area contributed by atoms with E-state index in [1.165, 1.54) is 6.33 Å². The third-order valence-corrected chi connectivity index (χ3v) is 2.90. The zero-order chi connectivity index (χ0) is 12.1. The molecule has 0 fully saturated rings. The van der Waals surface area contributed by atoms with Crippen molar-refractivity contribution in [3.05, 3.63) is 57.7 Å². The lowest BCUT2D eigenvalue weighted by atomic mass is 10.2. The van der Waals surface area contributed by atoms with Crippen molar-refractivity contribution in [1.82, 2.24) is 15.3 Å². The van der Waals surface area contributed by atoms with Crippen molar-refractivity contribution in [2.45, 2.75) is 6.54 Å². The van der Waals surface area contributed by atoms with Crippen molar-refractivity contribution in [3.8, 4) is 0 Å². The number of carbonyl (C=O) groups excluding carboxylic acids is 1. The Kier molecular flexibility index (Phi) is 4.03. The first-order valence-electron chi connectivity index (χ1n) is 5.04. The summed E-state index contributed by atoms with van der Waals surface area (Å²) >= 11 is 2.20. The van der Waals surface area contributed by atoms with Crippen LogP contribution in [-0.2, 0) is 6.54 Å². The molecule has 0 radical (unpaired) electrons. The van der Waals surface area contributed by atoms with Gasteiger partial charge in [-0.05, 0) is 52.9 Å². The van der Waals surface area contributed by atoms with Gasteiger partial charge in [0.1, 0.15) is 6.33 Å². The van der Waals surface area contributed by atoms with E-state index in [0.717, 1.165) is 9.26 Å². The third-order valence-electron chi connectivity index (χ3n) is 2.18. The van der Waals surface area contributed by atoms with E-state index in [-0.39, 0.29) is 5.91 Å². The summed E-state index contributed by atoms with van der Waals surface area (Å²) in [5, 5.41) is 2.80. The molecular formula is C12H10IN3O. The summed E-state index contributed by atoms with van der Waals surface area (Å²) in [5.41, 5.74) is 1.44. The maximum atomic E-state index is 11.8. The first-order valence-corrected chi connectivity index (χ1v) is 6.12. The Morgan fingerprint density at radius 1 is 1.24 bits per heavy atom. The molecule has 0 saturated carbocycles. The molecule has 1 N–H and O–H groups in total. The molecule has 0 saturated heterocycles. The van der Waals surface area contributed by atoms with Crippen LogP contribution in [0.2, 0.25) is 0 Å². The highest BCUT2D eigenvalue weighted by molar-refractivity contribution is 14.1. The Bertz CT molecular complexity index is 499. The van der Waals surface area contributed by atoms with Crippen LogP contribution in [-0.4, -0.2) is 15.9 Å². The van der Waals surface area contributed by atoms with E-state index in [1.807, 2.05) is 12.1 Å². The summed E-state index contributed by atoms with van der Waals surface area (Å²) in [6.07, 6.45) is 3.12. The monoisotopic (exact) mass is 339 g/mol. The van der Waals surface area contributed by atoms with Crippen LogP contribution in [0.1, 0.15) is 16.1 Å². The van der Waals surface area contributed by atoms with E-state index >= 15 is 0 Å². The van der Waals surface area contributed by atoms with E-state index < -0.39 is 0 Å². The zero-order valence-electron chi connectivity index (χ0n) is 8.93. The van der Waals surface area contributed by atoms with Crippen LogP contribution in [0.25, 0.3) is 0 Å². The lowest BCUT2D eigenvalue weighted by Gasteiger charge is -2.04. The van der Waals surface area contributed by atoms with Gasteiger partial charge in [-0.25, -0.2) is 9.97 Å². The number of hydrogen-bond donors (Lipinski definition) is 1. The number of nitrogens with zero attached hydrogens (tertiary/aromatic N) is 2. The fourth-order valence-corrected chi connectivity index (χ4v) is 1.66. The molecule has 0 bridgehead atoms. The van der Waals surface area contributed by atoms with Crippen molar-refractivity contribution in [2.24, 2.45) is 0 Å². The summed E-state index contributed by atoms with van der Waals surface area (Å²) in [7, 11) is 0. The highest BCUT2D eigenvalue weighted by Crippen LogP contribution is 2.06. The Hall–Kier alpha value is -1.50. The van der Waals surface area contributed by atoms with E-state index in [9.17, 15) is 4.79 Å². The van der Waals surface area contributed by atoms with Crippen LogP contribution in [0, 0.1) is 3.57 Å². The van der Waals surface area contributed by atoms with Crippen LogP contribution in [0.5, 0.6) is 0 Å². The maximum absolute atomic E-state index is 11.8. The van der Waals surface area contributed by atoms with Crippen LogP contribution in [0.15, 0.2) is 42.9 Å². The highest BCUT2D eigenvalue weighted by Gasteiger charge is 2.04. The number of benzene rings is 1. The fraction of sp³-hybridized carbons (Fsp3) is 0.0833. The summed E-state index contributed by atoms with van der Waals surface area (Å²) in [6.45, 7) is 0.410. The van der Waals surface area contributed by atoms with Gasteiger partial charge in [-0.15, -0.1) is 0 Å². The second-order valence-electron chi connectivity index (χ2n) is 3.39. The lowest BCUT2D eigenvalue weighted by molar-refractivity contribution is 0.0950. The molecule has 17 heavy (non-hydrogen) atoms. The largest absolute Gasteiger partial charge is 0.346 e. The van der Waals surface area contributed by atoms with Gasteiger partial charge in [0, 0.05) is 15.3 Å². The molecule has 5 heteroatoms. The normalized spacial score (nSPS) is 9.94. The Morgan fingerprint density at radius 2 is 2.00 bits per heavy atom. The topological polar surface area (TPSA) is 54.9 Å². The molecule has 0 aliphatic rings. The van der Waals surface area contributed by atoms with Gasteiger partial charge in [-0.1, -0.05) is 0 Å². The summed E-state index contributed by atoms with van der Waals surface area (Å²) < 4.78 is 1.11. The van der Waals surface area contributed by atoms with Gasteiger partial charge in [0.25, 0.3) is 5.91 Å². The van der Waals surface area contributed by atoms with Gasteiger partial charge in [0.2, 0.25) is 0 Å². The Balaban J connectivity index is 1.96. The molecule has 0 unspecified atom stereocenters. The summed E-state index contributed by atoms with van der Waals surface area (Å²) in [6, 6.07) is 9.18. The average molecular weight is 339 g/mol. The number of amides is 1. The molecule has 86 valence electrons. The van der Waals surface area contributed by atoms with Crippen LogP contribution < -0.4 is 5.32 Å². The SMILES string of the molecule is O=C(NCc1ccncn1)c1ccc(I)cc1. The van der Waals surface area contributed by atoms with E-state index in [2.05, 4.69) is 37.9 Å². The minimum absolute atomic E-state index is 0.0972. The second kappa shape index (κ2) is 5.72. The van der Waals surface area contributed by atoms with E-state index in [0.29, 0.717) is 12.1 Å². The summed E-state index contributed by atoms with van der Waals surface area (Å²) in [5.74, 6) is -0.0972. The number of hydrogen-bond acceptors (Lipinski definition) is 3. The number of nitrogens with one attached hydrogen (secondary N) is 1. The molecule has 1 heterocycles. The van der Waals surface area contributed by atoms with E-state index in [4.69, 9.17) is 0 Å². The molecule has 0 aliphatic heterocycles. The Labute approximate surface area is 113 Å². The molecule has 0 atom stereocenters. The highest BCUT2D eigenvalue weighted by atomic mass is 127. The molecule has 2 aromatic rings. The molecular weight excluding hydrogens is 329 g/mol. The van der Waals surface area contributed by atoms with Gasteiger partial charge in [0.05, 0.1) is 12.2 Å². The van der Waals surface area contributed by atoms with Gasteiger partial charge >= 0.3 is 0 Å². The zero-order valence-corrected chi connectivity index (χ0v) is 11.1. The van der Waals surface area contributed by atoms with Crippen molar-refractivity contribution >= 4 is 28.5 Å². The van der Waals surface area contributed by atoms with Crippen molar-refractivity contribution < 1.29 is 4.79 Å². The van der Waals surface area contributed by atoms with Gasteiger partial charge in [-0.3, -0.25) is 4.79 Å². The third kappa shape index (κ3) is 3.48. The summed E-state index contributed by atoms with van der Waals surface area (Å²) in [4.78, 5) is 19.6. The van der Waals surface area contributed by atoms with Crippen molar-refractivity contribution in [3.63, 3.8) is 0 Å². The maximum Gasteiger partial charge on any atom is 0.251 e. The van der Waals surface area contributed by atoms with Crippen molar-refractivity contribution in [2.75, 3.05) is 0 Å². The average Bonchev–Trinajstić information content (AvgIpc) is 2.38. The standard InChI is InChI=1S/C12H10IN3O/c13-10-3-1-9(2-4-10)12(17)15-7-11-5-6-14-8-16-11/h1-6,8H,7H2,(H,15,17). The lowest BCUT2D eigenvalue weighted by Crippen LogP contribution is -2.23. The fourth-order valence-electron chi connectivity index (χ4n) is 1.30. The quantitative estimate of drug-likeness (QED) is 0.871. The van der Waals surface area contributed by atoms with E-state index in [1.54, 1.807) is 24.4 Å². The van der Waals surface area contributed by atoms with Crippen LogP contribution in [0.4, 0.5) is 0 Å². The molecule has 1 aromatic carbocycles. The minimum Gasteiger partial charge on any atom is -0.346 e. The smallest absolute Gasteiger partial charge is 0.251 e. The number of rotatable bonds is 3. The molecule has 1 amide bonds. The predicted molar refractivity (Wildman–Crippen MR) is 72.4 cm³/mol. The number of aromatic nitrogens is 2. The molecule has 1 aromatic heterocycles. The van der Waals surface area contributed by atoms with Crippen LogP contribution >= 0.6 is 22.6 Å². The Morgan fingerprint density at radius 3 is 2.65 bits per heavy atom. The minimum atomic E-state index is -0.0972. The van der Waals surface area contributed by atoms with Crippen LogP contribution in [0.3, 0.4) is 0 Å². The molecule has 0 spiro atoms.